The zero-order valence-corrected chi connectivity index (χ0v) is 19.3. The van der Waals surface area contributed by atoms with E-state index in [0.717, 1.165) is 25.7 Å². The quantitative estimate of drug-likeness (QED) is 0.733. The molecular formula is C24H31FN4O4. The minimum Gasteiger partial charge on any atom is -0.444 e. The Morgan fingerprint density at radius 3 is 2.79 bits per heavy atom. The maximum atomic E-state index is 13.8. The van der Waals surface area contributed by atoms with Crippen LogP contribution in [0.4, 0.5) is 9.18 Å². The molecule has 3 unspecified atom stereocenters. The lowest BCUT2D eigenvalue weighted by atomic mass is 9.71. The van der Waals surface area contributed by atoms with Crippen LogP contribution in [0.3, 0.4) is 0 Å². The van der Waals surface area contributed by atoms with Crippen LogP contribution in [0.25, 0.3) is 10.9 Å². The van der Waals surface area contributed by atoms with E-state index in [9.17, 15) is 18.8 Å². The number of para-hydroxylation sites is 1. The lowest BCUT2D eigenvalue weighted by Gasteiger charge is -2.43. The average molecular weight is 459 g/mol. The third-order valence-electron chi connectivity index (χ3n) is 6.64. The summed E-state index contributed by atoms with van der Waals surface area (Å²) in [4.78, 5) is 39.4. The fraction of sp³-hybridized carbons (Fsp3) is 0.583. The van der Waals surface area contributed by atoms with Crippen LogP contribution in [0.1, 0.15) is 56.9 Å². The number of nitrogens with one attached hydrogen (secondary N) is 2. The van der Waals surface area contributed by atoms with Gasteiger partial charge in [0.05, 0.1) is 5.39 Å². The second-order valence-corrected chi connectivity index (χ2v) is 10.2. The van der Waals surface area contributed by atoms with Gasteiger partial charge in [-0.05, 0) is 76.3 Å². The van der Waals surface area contributed by atoms with Crippen LogP contribution < -0.4 is 10.7 Å². The molecule has 178 valence electrons. The zero-order valence-electron chi connectivity index (χ0n) is 19.3. The normalized spacial score (nSPS) is 23.2. The predicted molar refractivity (Wildman–Crippen MR) is 121 cm³/mol. The van der Waals surface area contributed by atoms with E-state index in [2.05, 4.69) is 15.5 Å². The first-order valence-electron chi connectivity index (χ1n) is 11.6. The second kappa shape index (κ2) is 9.11. The number of H-pyrrole nitrogens is 1. The number of aromatic amines is 1. The molecule has 4 rings (SSSR count). The maximum Gasteiger partial charge on any atom is 0.410 e. The molecule has 3 atom stereocenters. The van der Waals surface area contributed by atoms with Crippen molar-refractivity contribution in [3.63, 3.8) is 0 Å². The van der Waals surface area contributed by atoms with E-state index >= 15 is 0 Å². The van der Waals surface area contributed by atoms with Crippen LogP contribution >= 0.6 is 0 Å². The monoisotopic (exact) mass is 458 g/mol. The van der Waals surface area contributed by atoms with Gasteiger partial charge in [-0.1, -0.05) is 6.07 Å². The van der Waals surface area contributed by atoms with Gasteiger partial charge < -0.3 is 15.0 Å². The van der Waals surface area contributed by atoms with E-state index < -0.39 is 22.8 Å². The molecule has 0 bridgehead atoms. The van der Waals surface area contributed by atoms with E-state index in [1.165, 1.54) is 18.2 Å². The number of hydrogen-bond donors (Lipinski definition) is 2. The number of benzene rings is 1. The summed E-state index contributed by atoms with van der Waals surface area (Å²) in [6, 6.07) is 4.13. The number of hydrogen-bond acceptors (Lipinski definition) is 5. The number of ether oxygens (including phenoxy) is 1. The predicted octanol–water partition coefficient (Wildman–Crippen LogP) is 3.47. The summed E-state index contributed by atoms with van der Waals surface area (Å²) in [5, 5.41) is 9.23. The third kappa shape index (κ3) is 5.17. The third-order valence-corrected chi connectivity index (χ3v) is 6.64. The SMILES string of the molecule is CC(C)(C)OC(=O)N1CCC2CC(CNC(=O)c3n[nH]c4c(F)cccc4c3=O)CCC2C1. The van der Waals surface area contributed by atoms with Crippen molar-refractivity contribution in [3.8, 4) is 0 Å². The molecule has 1 saturated carbocycles. The Morgan fingerprint density at radius 2 is 2.03 bits per heavy atom. The smallest absolute Gasteiger partial charge is 0.410 e. The molecule has 0 spiro atoms. The highest BCUT2D eigenvalue weighted by molar-refractivity contribution is 5.95. The standard InChI is InChI=1S/C24H31FN4O4/c1-24(2,3)33-23(32)29-10-9-15-11-14(7-8-16(15)13-29)12-26-22(31)20-21(30)17-5-4-6-18(25)19(17)27-28-20/h4-6,14-16H,7-13H2,1-3H3,(H,26,31)(H,27,30). The molecule has 1 aliphatic heterocycles. The summed E-state index contributed by atoms with van der Waals surface area (Å²) in [6.45, 7) is 7.47. The molecule has 33 heavy (non-hydrogen) atoms. The maximum absolute atomic E-state index is 13.8. The van der Waals surface area contributed by atoms with Crippen molar-refractivity contribution < 1.29 is 18.7 Å². The van der Waals surface area contributed by atoms with Crippen LogP contribution in [0.2, 0.25) is 0 Å². The first-order chi connectivity index (χ1) is 15.6. The highest BCUT2D eigenvalue weighted by Crippen LogP contribution is 2.39. The minimum atomic E-state index is -0.585. The summed E-state index contributed by atoms with van der Waals surface area (Å²) >= 11 is 0. The lowest BCUT2D eigenvalue weighted by molar-refractivity contribution is 0.00194. The number of carbonyl (C=O) groups excluding carboxylic acids is 2. The van der Waals surface area contributed by atoms with Gasteiger partial charge in [0.1, 0.15) is 16.9 Å². The molecule has 2 amide bonds. The Bertz CT molecular complexity index is 1110. The molecule has 2 fully saturated rings. The number of halogens is 1. The number of piperidine rings is 1. The Kier molecular flexibility index (Phi) is 6.41. The van der Waals surface area contributed by atoms with E-state index in [1.807, 2.05) is 25.7 Å². The number of carbonyl (C=O) groups is 2. The first-order valence-corrected chi connectivity index (χ1v) is 11.6. The lowest BCUT2D eigenvalue weighted by Crippen LogP contribution is -2.48. The highest BCUT2D eigenvalue weighted by Gasteiger charge is 2.37. The van der Waals surface area contributed by atoms with E-state index in [1.54, 1.807) is 0 Å². The minimum absolute atomic E-state index is 0.00454. The van der Waals surface area contributed by atoms with Crippen molar-refractivity contribution in [3.05, 3.63) is 39.9 Å². The van der Waals surface area contributed by atoms with E-state index in [4.69, 9.17) is 4.74 Å². The Balaban J connectivity index is 1.31. The van der Waals surface area contributed by atoms with Crippen molar-refractivity contribution in [2.75, 3.05) is 19.6 Å². The van der Waals surface area contributed by atoms with Crippen molar-refractivity contribution >= 4 is 22.9 Å². The number of likely N-dealkylation sites (tertiary alicyclic amines) is 1. The van der Waals surface area contributed by atoms with Crippen molar-refractivity contribution in [1.29, 1.82) is 0 Å². The topological polar surface area (TPSA) is 104 Å². The molecule has 1 aliphatic carbocycles. The summed E-state index contributed by atoms with van der Waals surface area (Å²) in [7, 11) is 0. The van der Waals surface area contributed by atoms with Crippen LogP contribution in [-0.4, -0.2) is 52.3 Å². The summed E-state index contributed by atoms with van der Waals surface area (Å²) in [6.07, 6.45) is 3.57. The number of aromatic nitrogens is 2. The Hall–Kier alpha value is -2.97. The summed E-state index contributed by atoms with van der Waals surface area (Å²) in [5.41, 5.74) is -1.35. The van der Waals surface area contributed by atoms with Gasteiger partial charge in [-0.3, -0.25) is 14.7 Å². The van der Waals surface area contributed by atoms with Gasteiger partial charge in [-0.25, -0.2) is 9.18 Å². The van der Waals surface area contributed by atoms with Crippen molar-refractivity contribution in [1.82, 2.24) is 20.4 Å². The van der Waals surface area contributed by atoms with E-state index in [0.29, 0.717) is 37.4 Å². The molecular weight excluding hydrogens is 427 g/mol. The second-order valence-electron chi connectivity index (χ2n) is 10.2. The zero-order chi connectivity index (χ0) is 23.8. The van der Waals surface area contributed by atoms with Gasteiger partial charge in [0.25, 0.3) is 5.91 Å². The molecule has 9 heteroatoms. The van der Waals surface area contributed by atoms with Crippen LogP contribution in [0.5, 0.6) is 0 Å². The van der Waals surface area contributed by atoms with Gasteiger partial charge >= 0.3 is 6.09 Å². The fourth-order valence-corrected chi connectivity index (χ4v) is 4.98. The molecule has 8 nitrogen and oxygen atoms in total. The Labute approximate surface area is 191 Å². The summed E-state index contributed by atoms with van der Waals surface area (Å²) in [5.74, 6) is 0.116. The van der Waals surface area contributed by atoms with Crippen molar-refractivity contribution in [2.45, 2.75) is 52.1 Å². The van der Waals surface area contributed by atoms with Gasteiger partial charge in [0, 0.05) is 19.6 Å². The molecule has 2 heterocycles. The molecule has 2 aromatic rings. The number of nitrogens with zero attached hydrogens (tertiary/aromatic N) is 2. The molecule has 2 aliphatic rings. The van der Waals surface area contributed by atoms with Gasteiger partial charge in [-0.2, -0.15) is 5.10 Å². The molecule has 1 aromatic carbocycles. The highest BCUT2D eigenvalue weighted by atomic mass is 19.1. The number of fused-ring (bicyclic) bond motifs is 2. The van der Waals surface area contributed by atoms with Gasteiger partial charge in [0.2, 0.25) is 5.43 Å². The average Bonchev–Trinajstić information content (AvgIpc) is 2.76. The van der Waals surface area contributed by atoms with Crippen molar-refractivity contribution in [2.24, 2.45) is 17.8 Å². The molecule has 1 saturated heterocycles. The Morgan fingerprint density at radius 1 is 1.24 bits per heavy atom. The number of amides is 2. The van der Waals surface area contributed by atoms with Crippen LogP contribution in [-0.2, 0) is 4.74 Å². The van der Waals surface area contributed by atoms with Gasteiger partial charge in [0.15, 0.2) is 5.69 Å². The first kappa shape index (κ1) is 23.2. The fourth-order valence-electron chi connectivity index (χ4n) is 4.98. The molecule has 2 N–H and O–H groups in total. The summed E-state index contributed by atoms with van der Waals surface area (Å²) < 4.78 is 19.3. The van der Waals surface area contributed by atoms with Crippen LogP contribution in [0.15, 0.2) is 23.0 Å². The van der Waals surface area contributed by atoms with E-state index in [-0.39, 0.29) is 22.7 Å². The van der Waals surface area contributed by atoms with Gasteiger partial charge in [-0.15, -0.1) is 0 Å². The largest absolute Gasteiger partial charge is 0.444 e. The molecule has 1 aromatic heterocycles. The number of rotatable bonds is 3. The van der Waals surface area contributed by atoms with Crippen LogP contribution in [0, 0.1) is 23.6 Å². The molecule has 0 radical (unpaired) electrons.